The molecule has 1 fully saturated rings. The van der Waals surface area contributed by atoms with Crippen molar-refractivity contribution in [3.05, 3.63) is 23.3 Å². The van der Waals surface area contributed by atoms with Crippen LogP contribution in [0.2, 0.25) is 0 Å². The van der Waals surface area contributed by atoms with Crippen LogP contribution in [0.15, 0.2) is 12.7 Å². The fourth-order valence-electron chi connectivity index (χ4n) is 2.81. The summed E-state index contributed by atoms with van der Waals surface area (Å²) in [7, 11) is 0. The number of likely N-dealkylation sites (tertiary alicyclic amines) is 1. The molecule has 0 saturated carbocycles. The lowest BCUT2D eigenvalue weighted by atomic mass is 10.1. The molecule has 1 N–H and O–H groups in total. The monoisotopic (exact) mass is 339 g/mol. The van der Waals surface area contributed by atoms with Crippen LogP contribution in [0.3, 0.4) is 0 Å². The lowest BCUT2D eigenvalue weighted by Crippen LogP contribution is -2.48. The molecule has 2 heterocycles. The number of ether oxygens (including phenoxy) is 1. The van der Waals surface area contributed by atoms with Crippen molar-refractivity contribution in [2.75, 3.05) is 19.7 Å². The van der Waals surface area contributed by atoms with Crippen molar-refractivity contribution >= 4 is 18.3 Å². The van der Waals surface area contributed by atoms with Crippen LogP contribution in [0.5, 0.6) is 0 Å². The van der Waals surface area contributed by atoms with Gasteiger partial charge in [0.15, 0.2) is 4.77 Å². The van der Waals surface area contributed by atoms with Crippen LogP contribution in [0.4, 0.5) is 4.79 Å². The number of alkyl carbamates (subject to hydrolysis) is 1. The summed E-state index contributed by atoms with van der Waals surface area (Å²) in [5, 5.41) is 7.42. The molecule has 1 aromatic heterocycles. The van der Waals surface area contributed by atoms with Crippen LogP contribution < -0.4 is 5.32 Å². The van der Waals surface area contributed by atoms with E-state index in [0.29, 0.717) is 24.6 Å². The molecule has 0 aliphatic carbocycles. The van der Waals surface area contributed by atoms with E-state index in [1.807, 2.05) is 22.2 Å². The number of amides is 1. The van der Waals surface area contributed by atoms with E-state index in [1.54, 1.807) is 6.92 Å². The Bertz CT molecular complexity index is 609. The Morgan fingerprint density at radius 3 is 3.09 bits per heavy atom. The molecule has 0 spiro atoms. The predicted octanol–water partition coefficient (Wildman–Crippen LogP) is 2.08. The molecule has 8 heteroatoms. The molecule has 7 nitrogen and oxygen atoms in total. The molecule has 1 aromatic rings. The molecule has 1 saturated heterocycles. The fraction of sp³-hybridized carbons (Fsp3) is 0.667. The van der Waals surface area contributed by atoms with Gasteiger partial charge >= 0.3 is 6.09 Å². The van der Waals surface area contributed by atoms with Crippen molar-refractivity contribution in [1.29, 1.82) is 0 Å². The molecule has 1 aliphatic rings. The van der Waals surface area contributed by atoms with Gasteiger partial charge in [0.25, 0.3) is 0 Å². The Balaban J connectivity index is 1.97. The van der Waals surface area contributed by atoms with Gasteiger partial charge in [-0.3, -0.25) is 4.90 Å². The Kier molecular flexibility index (Phi) is 6.35. The molecule has 0 radical (unpaired) electrons. The fourth-order valence-corrected chi connectivity index (χ4v) is 3.12. The van der Waals surface area contributed by atoms with E-state index in [4.69, 9.17) is 17.0 Å². The van der Waals surface area contributed by atoms with Crippen molar-refractivity contribution in [3.63, 3.8) is 0 Å². The van der Waals surface area contributed by atoms with E-state index < -0.39 is 0 Å². The summed E-state index contributed by atoms with van der Waals surface area (Å²) in [6.45, 7) is 10.9. The second kappa shape index (κ2) is 8.26. The molecular formula is C15H25N5O2S. The van der Waals surface area contributed by atoms with Gasteiger partial charge in [0.2, 0.25) is 0 Å². The minimum Gasteiger partial charge on any atom is -0.450 e. The van der Waals surface area contributed by atoms with Crippen molar-refractivity contribution < 1.29 is 9.53 Å². The van der Waals surface area contributed by atoms with Gasteiger partial charge in [-0.15, -0.1) is 6.58 Å². The normalized spacial score (nSPS) is 18.6. The van der Waals surface area contributed by atoms with Gasteiger partial charge in [0, 0.05) is 25.7 Å². The van der Waals surface area contributed by atoms with Crippen molar-refractivity contribution in [2.45, 2.75) is 45.9 Å². The first-order chi connectivity index (χ1) is 11.0. The van der Waals surface area contributed by atoms with Crippen LogP contribution in [-0.2, 0) is 18.0 Å². The van der Waals surface area contributed by atoms with E-state index in [2.05, 4.69) is 21.9 Å². The summed E-state index contributed by atoms with van der Waals surface area (Å²) in [6, 6.07) is 0.105. The minimum absolute atomic E-state index is 0.105. The van der Waals surface area contributed by atoms with Crippen molar-refractivity contribution in [1.82, 2.24) is 24.6 Å². The van der Waals surface area contributed by atoms with E-state index in [1.165, 1.54) is 0 Å². The largest absolute Gasteiger partial charge is 0.450 e. The molecule has 0 unspecified atom stereocenters. The molecule has 2 rings (SSSR count). The van der Waals surface area contributed by atoms with Crippen LogP contribution in [-0.4, -0.2) is 51.1 Å². The first-order valence-corrected chi connectivity index (χ1v) is 8.36. The summed E-state index contributed by atoms with van der Waals surface area (Å²) in [4.78, 5) is 13.8. The topological polar surface area (TPSA) is 64.3 Å². The highest BCUT2D eigenvalue weighted by molar-refractivity contribution is 7.71. The third-order valence-corrected chi connectivity index (χ3v) is 4.29. The summed E-state index contributed by atoms with van der Waals surface area (Å²) in [5.41, 5.74) is 0. The highest BCUT2D eigenvalue weighted by Crippen LogP contribution is 2.12. The maximum absolute atomic E-state index is 11.6. The highest BCUT2D eigenvalue weighted by Gasteiger charge is 2.22. The van der Waals surface area contributed by atoms with Gasteiger partial charge in [-0.05, 0) is 38.9 Å². The predicted molar refractivity (Wildman–Crippen MR) is 90.7 cm³/mol. The number of nitrogens with one attached hydrogen (secondary N) is 1. The molecule has 0 aromatic carbocycles. The highest BCUT2D eigenvalue weighted by atomic mass is 32.1. The van der Waals surface area contributed by atoms with E-state index >= 15 is 0 Å². The van der Waals surface area contributed by atoms with Crippen LogP contribution in [0.1, 0.15) is 25.6 Å². The summed E-state index contributed by atoms with van der Waals surface area (Å²) >= 11 is 5.48. The standard InChI is InChI=1S/C15H25N5O2S/c1-4-8-19-12(3)17-20(15(19)23)11-18-9-6-7-13(10-18)16-14(21)22-5-2/h4,13H,1,5-11H2,2-3H3,(H,16,21)/t13-/m1/s1. The number of allylic oxidation sites excluding steroid dienone is 1. The average molecular weight is 339 g/mol. The van der Waals surface area contributed by atoms with Gasteiger partial charge in [0.05, 0.1) is 13.3 Å². The Morgan fingerprint density at radius 1 is 1.61 bits per heavy atom. The van der Waals surface area contributed by atoms with Gasteiger partial charge in [-0.1, -0.05) is 6.08 Å². The second-order valence-electron chi connectivity index (χ2n) is 5.65. The van der Waals surface area contributed by atoms with Gasteiger partial charge in [0.1, 0.15) is 5.82 Å². The van der Waals surface area contributed by atoms with E-state index in [9.17, 15) is 4.79 Å². The first-order valence-electron chi connectivity index (χ1n) is 7.96. The van der Waals surface area contributed by atoms with Crippen LogP contribution >= 0.6 is 12.2 Å². The van der Waals surface area contributed by atoms with Crippen LogP contribution in [0, 0.1) is 11.7 Å². The Hall–Kier alpha value is -1.67. The molecule has 0 bridgehead atoms. The zero-order chi connectivity index (χ0) is 16.8. The number of piperidine rings is 1. The summed E-state index contributed by atoms with van der Waals surface area (Å²) < 4.78 is 9.44. The third-order valence-electron chi connectivity index (χ3n) is 3.86. The van der Waals surface area contributed by atoms with Crippen molar-refractivity contribution in [3.8, 4) is 0 Å². The van der Waals surface area contributed by atoms with E-state index in [-0.39, 0.29) is 12.1 Å². The molecule has 1 amide bonds. The van der Waals surface area contributed by atoms with Gasteiger partial charge in [-0.25, -0.2) is 9.48 Å². The molecular weight excluding hydrogens is 314 g/mol. The maximum atomic E-state index is 11.6. The lowest BCUT2D eigenvalue weighted by Gasteiger charge is -2.32. The van der Waals surface area contributed by atoms with Gasteiger partial charge in [-0.2, -0.15) is 5.10 Å². The second-order valence-corrected chi connectivity index (χ2v) is 6.02. The average Bonchev–Trinajstić information content (AvgIpc) is 2.76. The number of rotatable bonds is 6. The Labute approximate surface area is 141 Å². The minimum atomic E-state index is -0.345. The maximum Gasteiger partial charge on any atom is 0.407 e. The van der Waals surface area contributed by atoms with Crippen molar-refractivity contribution in [2.24, 2.45) is 0 Å². The number of nitrogens with zero attached hydrogens (tertiary/aromatic N) is 4. The molecule has 1 atom stereocenters. The number of hydrogen-bond acceptors (Lipinski definition) is 5. The first kappa shape index (κ1) is 17.7. The lowest BCUT2D eigenvalue weighted by molar-refractivity contribution is 0.121. The number of hydrogen-bond donors (Lipinski definition) is 1. The Morgan fingerprint density at radius 2 is 2.39 bits per heavy atom. The van der Waals surface area contributed by atoms with Crippen LogP contribution in [0.25, 0.3) is 0 Å². The SMILES string of the molecule is C=CCn1c(C)nn(CN2CCC[C@@H](NC(=O)OCC)C2)c1=S. The molecule has 128 valence electrons. The third kappa shape index (κ3) is 4.65. The number of aryl methyl sites for hydroxylation is 1. The number of carbonyl (C=O) groups excluding carboxylic acids is 1. The molecule has 1 aliphatic heterocycles. The smallest absolute Gasteiger partial charge is 0.407 e. The van der Waals surface area contributed by atoms with Gasteiger partial charge < -0.3 is 14.6 Å². The van der Waals surface area contributed by atoms with E-state index in [0.717, 1.165) is 31.8 Å². The molecule has 23 heavy (non-hydrogen) atoms. The zero-order valence-electron chi connectivity index (χ0n) is 13.8. The number of carbonyl (C=O) groups is 1. The summed E-state index contributed by atoms with van der Waals surface area (Å²) in [5.74, 6) is 0.883. The number of aromatic nitrogens is 3. The summed E-state index contributed by atoms with van der Waals surface area (Å²) in [6.07, 6.45) is 3.46. The quantitative estimate of drug-likeness (QED) is 0.635. The zero-order valence-corrected chi connectivity index (χ0v) is 14.6.